The summed E-state index contributed by atoms with van der Waals surface area (Å²) in [6.45, 7) is -0.157. The molecule has 2 rings (SSSR count). The van der Waals surface area contributed by atoms with Crippen LogP contribution in [0.4, 0.5) is 0 Å². The first-order chi connectivity index (χ1) is 12.6. The minimum absolute atomic E-state index is 0.157. The molecule has 0 unspecified atom stereocenters. The van der Waals surface area contributed by atoms with Gasteiger partial charge in [-0.25, -0.2) is 5.43 Å². The van der Waals surface area contributed by atoms with Crippen LogP contribution in [0.5, 0.6) is 0 Å². The first-order valence-electron chi connectivity index (χ1n) is 7.88. The first-order valence-corrected chi connectivity index (χ1v) is 8.68. The highest BCUT2D eigenvalue weighted by Gasteiger charge is 2.01. The zero-order chi connectivity index (χ0) is 18.6. The van der Waals surface area contributed by atoms with Crippen LogP contribution in [0.2, 0.25) is 0 Å². The van der Waals surface area contributed by atoms with Gasteiger partial charge < -0.3 is 5.32 Å². The Morgan fingerprint density at radius 3 is 2.23 bits per heavy atom. The van der Waals surface area contributed by atoms with Gasteiger partial charge in [-0.05, 0) is 39.2 Å². The Morgan fingerprint density at radius 1 is 0.962 bits per heavy atom. The smallest absolute Gasteiger partial charge is 0.259 e. The second-order valence-electron chi connectivity index (χ2n) is 5.19. The SMILES string of the molecule is O=C(/C=C/c1ccccc1)NCC(=O)N/N=C/C(Br)=C/c1ccccc1. The molecule has 0 atom stereocenters. The molecule has 0 aromatic heterocycles. The number of hydrogen-bond donors (Lipinski definition) is 2. The molecular weight excluding hydrogens is 394 g/mol. The van der Waals surface area contributed by atoms with Crippen molar-refractivity contribution in [3.8, 4) is 0 Å². The highest BCUT2D eigenvalue weighted by Crippen LogP contribution is 2.09. The normalized spacial score (nSPS) is 11.7. The van der Waals surface area contributed by atoms with Crippen molar-refractivity contribution < 1.29 is 9.59 Å². The molecular formula is C20H18BrN3O2. The number of allylic oxidation sites excluding steroid dienone is 1. The molecule has 2 amide bonds. The van der Waals surface area contributed by atoms with E-state index in [-0.39, 0.29) is 12.5 Å². The van der Waals surface area contributed by atoms with E-state index in [1.165, 1.54) is 12.3 Å². The number of hydrazone groups is 1. The van der Waals surface area contributed by atoms with Crippen LogP contribution in [0.25, 0.3) is 12.2 Å². The van der Waals surface area contributed by atoms with Crippen molar-refractivity contribution >= 4 is 46.1 Å². The van der Waals surface area contributed by atoms with E-state index in [1.54, 1.807) is 6.08 Å². The van der Waals surface area contributed by atoms with Crippen LogP contribution in [-0.2, 0) is 9.59 Å². The number of nitrogens with one attached hydrogen (secondary N) is 2. The average Bonchev–Trinajstić information content (AvgIpc) is 2.66. The molecule has 2 aromatic rings. The van der Waals surface area contributed by atoms with Crippen molar-refractivity contribution in [1.82, 2.24) is 10.7 Å². The molecule has 0 spiro atoms. The van der Waals surface area contributed by atoms with Crippen LogP contribution in [0, 0.1) is 0 Å². The van der Waals surface area contributed by atoms with Gasteiger partial charge in [0.1, 0.15) is 0 Å². The molecule has 0 fully saturated rings. The number of carbonyl (C=O) groups excluding carboxylic acids is 2. The van der Waals surface area contributed by atoms with Gasteiger partial charge in [0.05, 0.1) is 12.8 Å². The molecule has 0 radical (unpaired) electrons. The second-order valence-corrected chi connectivity index (χ2v) is 6.11. The fourth-order valence-corrected chi connectivity index (χ4v) is 2.28. The summed E-state index contributed by atoms with van der Waals surface area (Å²) in [6.07, 6.45) is 6.40. The van der Waals surface area contributed by atoms with E-state index in [2.05, 4.69) is 31.8 Å². The number of benzene rings is 2. The lowest BCUT2D eigenvalue weighted by atomic mass is 10.2. The Labute approximate surface area is 160 Å². The molecule has 0 aliphatic carbocycles. The lowest BCUT2D eigenvalue weighted by molar-refractivity contribution is -0.123. The Bertz CT molecular complexity index is 815. The van der Waals surface area contributed by atoms with Gasteiger partial charge in [-0.1, -0.05) is 60.7 Å². The predicted octanol–water partition coefficient (Wildman–Crippen LogP) is 3.35. The molecule has 2 aromatic carbocycles. The minimum Gasteiger partial charge on any atom is -0.343 e. The lowest BCUT2D eigenvalue weighted by Crippen LogP contribution is -2.33. The van der Waals surface area contributed by atoms with Crippen LogP contribution in [0.3, 0.4) is 0 Å². The van der Waals surface area contributed by atoms with Gasteiger partial charge in [0, 0.05) is 10.6 Å². The van der Waals surface area contributed by atoms with Gasteiger partial charge in [0.25, 0.3) is 5.91 Å². The Kier molecular flexibility index (Phi) is 8.02. The lowest BCUT2D eigenvalue weighted by Gasteiger charge is -2.01. The third-order valence-electron chi connectivity index (χ3n) is 3.13. The molecule has 2 N–H and O–H groups in total. The Hall–Kier alpha value is -2.99. The molecule has 0 saturated heterocycles. The maximum Gasteiger partial charge on any atom is 0.259 e. The number of hydrogen-bond acceptors (Lipinski definition) is 3. The summed E-state index contributed by atoms with van der Waals surface area (Å²) in [4.78, 5) is 23.3. The minimum atomic E-state index is -0.414. The first kappa shape index (κ1) is 19.3. The predicted molar refractivity (Wildman–Crippen MR) is 108 cm³/mol. The van der Waals surface area contributed by atoms with Gasteiger partial charge in [-0.3, -0.25) is 9.59 Å². The average molecular weight is 412 g/mol. The number of nitrogens with zero attached hydrogens (tertiary/aromatic N) is 1. The Morgan fingerprint density at radius 2 is 1.58 bits per heavy atom. The number of rotatable bonds is 7. The van der Waals surface area contributed by atoms with E-state index < -0.39 is 5.91 Å². The summed E-state index contributed by atoms with van der Waals surface area (Å²) >= 11 is 3.35. The molecule has 0 aliphatic rings. The standard InChI is InChI=1S/C20H18BrN3O2/c21-18(13-17-9-5-2-6-10-17)14-23-24-20(26)15-22-19(25)12-11-16-7-3-1-4-8-16/h1-14H,15H2,(H,22,25)(H,24,26)/b12-11+,18-13-,23-14+. The van der Waals surface area contributed by atoms with Gasteiger partial charge in [0.15, 0.2) is 0 Å². The molecule has 132 valence electrons. The van der Waals surface area contributed by atoms with Gasteiger partial charge >= 0.3 is 0 Å². The van der Waals surface area contributed by atoms with Gasteiger partial charge in [0.2, 0.25) is 5.91 Å². The largest absolute Gasteiger partial charge is 0.343 e. The van der Waals surface area contributed by atoms with E-state index in [4.69, 9.17) is 0 Å². The van der Waals surface area contributed by atoms with Crippen molar-refractivity contribution in [2.45, 2.75) is 0 Å². The van der Waals surface area contributed by atoms with Crippen LogP contribution in [0.15, 0.2) is 76.3 Å². The van der Waals surface area contributed by atoms with Gasteiger partial charge in [-0.2, -0.15) is 5.10 Å². The van der Waals surface area contributed by atoms with Crippen molar-refractivity contribution in [3.63, 3.8) is 0 Å². The quantitative estimate of drug-likeness (QED) is 0.416. The summed E-state index contributed by atoms with van der Waals surface area (Å²) in [5.74, 6) is -0.763. The fraction of sp³-hybridized carbons (Fsp3) is 0.0500. The molecule has 5 nitrogen and oxygen atoms in total. The van der Waals surface area contributed by atoms with Crippen LogP contribution >= 0.6 is 15.9 Å². The molecule has 26 heavy (non-hydrogen) atoms. The van der Waals surface area contributed by atoms with E-state index in [9.17, 15) is 9.59 Å². The highest BCUT2D eigenvalue weighted by atomic mass is 79.9. The summed E-state index contributed by atoms with van der Waals surface area (Å²) < 4.78 is 0.707. The van der Waals surface area contributed by atoms with Crippen LogP contribution < -0.4 is 10.7 Å². The van der Waals surface area contributed by atoms with Crippen LogP contribution in [0.1, 0.15) is 11.1 Å². The van der Waals surface area contributed by atoms with Crippen molar-refractivity contribution in [2.24, 2.45) is 5.10 Å². The third-order valence-corrected chi connectivity index (χ3v) is 3.56. The number of halogens is 1. The van der Waals surface area contributed by atoms with Crippen molar-refractivity contribution in [3.05, 3.63) is 82.3 Å². The summed E-state index contributed by atoms with van der Waals surface area (Å²) in [7, 11) is 0. The van der Waals surface area contributed by atoms with Crippen molar-refractivity contribution in [2.75, 3.05) is 6.54 Å². The maximum absolute atomic E-state index is 11.7. The zero-order valence-corrected chi connectivity index (χ0v) is 15.5. The second kappa shape index (κ2) is 10.8. The van der Waals surface area contributed by atoms with E-state index in [1.807, 2.05) is 66.7 Å². The highest BCUT2D eigenvalue weighted by molar-refractivity contribution is 9.12. The molecule has 0 aliphatic heterocycles. The monoisotopic (exact) mass is 411 g/mol. The fourth-order valence-electron chi connectivity index (χ4n) is 1.91. The topological polar surface area (TPSA) is 70.6 Å². The molecule has 0 heterocycles. The van der Waals surface area contributed by atoms with Crippen molar-refractivity contribution in [1.29, 1.82) is 0 Å². The number of amides is 2. The van der Waals surface area contributed by atoms with Crippen LogP contribution in [-0.4, -0.2) is 24.6 Å². The number of carbonyl (C=O) groups is 2. The van der Waals surface area contributed by atoms with E-state index >= 15 is 0 Å². The van der Waals surface area contributed by atoms with E-state index in [0.29, 0.717) is 4.48 Å². The van der Waals surface area contributed by atoms with Gasteiger partial charge in [-0.15, -0.1) is 0 Å². The summed E-state index contributed by atoms with van der Waals surface area (Å²) in [5.41, 5.74) is 4.27. The molecule has 0 bridgehead atoms. The maximum atomic E-state index is 11.7. The molecule has 0 saturated carbocycles. The van der Waals surface area contributed by atoms with E-state index in [0.717, 1.165) is 11.1 Å². The third kappa shape index (κ3) is 7.72. The zero-order valence-electron chi connectivity index (χ0n) is 13.9. The summed E-state index contributed by atoms with van der Waals surface area (Å²) in [6, 6.07) is 19.1. The molecule has 6 heteroatoms. The Balaban J connectivity index is 1.72. The summed E-state index contributed by atoms with van der Waals surface area (Å²) in [5, 5.41) is 6.32.